The van der Waals surface area contributed by atoms with Crippen LogP contribution in [0.25, 0.3) is 0 Å². The number of halogens is 2. The molecule has 1 aliphatic heterocycles. The van der Waals surface area contributed by atoms with Crippen molar-refractivity contribution in [2.24, 2.45) is 0 Å². The second kappa shape index (κ2) is 7.42. The summed E-state index contributed by atoms with van der Waals surface area (Å²) in [5.74, 6) is -1.84. The van der Waals surface area contributed by atoms with E-state index in [9.17, 15) is 17.2 Å². The van der Waals surface area contributed by atoms with Gasteiger partial charge >= 0.3 is 0 Å². The van der Waals surface area contributed by atoms with Gasteiger partial charge in [0.2, 0.25) is 10.0 Å². The van der Waals surface area contributed by atoms with Gasteiger partial charge in [0, 0.05) is 38.8 Å². The third-order valence-electron chi connectivity index (χ3n) is 4.74. The Morgan fingerprint density at radius 3 is 2.31 bits per heavy atom. The van der Waals surface area contributed by atoms with Crippen LogP contribution in [0.15, 0.2) is 41.3 Å². The summed E-state index contributed by atoms with van der Waals surface area (Å²) in [6.45, 7) is 6.56. The molecule has 0 bridgehead atoms. The average Bonchev–Trinajstić information content (AvgIpc) is 2.58. The van der Waals surface area contributed by atoms with Crippen LogP contribution in [0.3, 0.4) is 0 Å². The quantitative estimate of drug-likeness (QED) is 0.819. The maximum Gasteiger partial charge on any atom is 0.246 e. The van der Waals surface area contributed by atoms with Gasteiger partial charge in [0.1, 0.15) is 16.5 Å². The van der Waals surface area contributed by atoms with E-state index in [-0.39, 0.29) is 13.1 Å². The summed E-state index contributed by atoms with van der Waals surface area (Å²) in [6, 6.07) is 8.86. The Labute approximate surface area is 153 Å². The van der Waals surface area contributed by atoms with Gasteiger partial charge in [-0.2, -0.15) is 4.31 Å². The highest BCUT2D eigenvalue weighted by Gasteiger charge is 2.30. The fraction of sp³-hybridized carbons (Fsp3) is 0.368. The Kier molecular flexibility index (Phi) is 5.41. The van der Waals surface area contributed by atoms with E-state index < -0.39 is 26.6 Å². The molecule has 3 rings (SSSR count). The molecule has 140 valence electrons. The van der Waals surface area contributed by atoms with Crippen molar-refractivity contribution in [2.75, 3.05) is 26.2 Å². The fourth-order valence-corrected chi connectivity index (χ4v) is 4.63. The average molecular weight is 380 g/mol. The highest BCUT2D eigenvalue weighted by atomic mass is 32.2. The summed E-state index contributed by atoms with van der Waals surface area (Å²) in [4.78, 5) is 1.72. The molecule has 1 heterocycles. The molecular formula is C19H22F2N2O2S. The first-order chi connectivity index (χ1) is 12.3. The van der Waals surface area contributed by atoms with Crippen molar-refractivity contribution < 1.29 is 17.2 Å². The summed E-state index contributed by atoms with van der Waals surface area (Å²) >= 11 is 0. The fourth-order valence-electron chi connectivity index (χ4n) is 3.16. The number of hydrogen-bond donors (Lipinski definition) is 0. The molecule has 0 aliphatic carbocycles. The molecule has 0 amide bonds. The molecule has 4 nitrogen and oxygen atoms in total. The Hall–Kier alpha value is -1.83. The predicted octanol–water partition coefficient (Wildman–Crippen LogP) is 3.09. The van der Waals surface area contributed by atoms with Gasteiger partial charge in [-0.1, -0.05) is 23.8 Å². The minimum atomic E-state index is -3.96. The molecule has 7 heteroatoms. The number of nitrogens with zero attached hydrogens (tertiary/aromatic N) is 2. The number of aryl methyl sites for hydroxylation is 2. The van der Waals surface area contributed by atoms with Gasteiger partial charge in [-0.05, 0) is 37.1 Å². The molecular weight excluding hydrogens is 358 g/mol. The molecule has 0 unspecified atom stereocenters. The van der Waals surface area contributed by atoms with Crippen molar-refractivity contribution in [3.8, 4) is 0 Å². The number of sulfonamides is 1. The van der Waals surface area contributed by atoms with E-state index in [2.05, 4.69) is 30.0 Å². The first-order valence-electron chi connectivity index (χ1n) is 8.51. The van der Waals surface area contributed by atoms with E-state index in [0.717, 1.165) is 18.7 Å². The standard InChI is InChI=1S/C19H22F2N2O2S/c1-14-3-4-15(2)16(11-14)13-22-7-9-23(10-8-22)26(24,25)19-6-5-17(20)12-18(19)21/h3-6,11-12H,7-10,13H2,1-2H3. The lowest BCUT2D eigenvalue weighted by Crippen LogP contribution is -2.48. The second-order valence-corrected chi connectivity index (χ2v) is 8.59. The van der Waals surface area contributed by atoms with E-state index in [4.69, 9.17) is 0 Å². The van der Waals surface area contributed by atoms with Crippen molar-refractivity contribution in [2.45, 2.75) is 25.3 Å². The van der Waals surface area contributed by atoms with Crippen LogP contribution < -0.4 is 0 Å². The first kappa shape index (κ1) is 18.9. The van der Waals surface area contributed by atoms with Crippen LogP contribution in [0.1, 0.15) is 16.7 Å². The minimum absolute atomic E-state index is 0.282. The predicted molar refractivity (Wildman–Crippen MR) is 96.3 cm³/mol. The van der Waals surface area contributed by atoms with Crippen LogP contribution in [0, 0.1) is 25.5 Å². The normalized spacial score (nSPS) is 16.8. The third-order valence-corrected chi connectivity index (χ3v) is 6.67. The lowest BCUT2D eigenvalue weighted by atomic mass is 10.1. The van der Waals surface area contributed by atoms with Gasteiger partial charge in [0.05, 0.1) is 0 Å². The topological polar surface area (TPSA) is 40.6 Å². The van der Waals surface area contributed by atoms with Crippen molar-refractivity contribution in [1.82, 2.24) is 9.21 Å². The lowest BCUT2D eigenvalue weighted by molar-refractivity contribution is 0.181. The molecule has 0 atom stereocenters. The van der Waals surface area contributed by atoms with E-state index in [1.54, 1.807) is 0 Å². The maximum atomic E-state index is 13.9. The summed E-state index contributed by atoms with van der Waals surface area (Å²) in [6.07, 6.45) is 0. The minimum Gasteiger partial charge on any atom is -0.296 e. The third kappa shape index (κ3) is 3.95. The van der Waals surface area contributed by atoms with Crippen LogP contribution in [0.5, 0.6) is 0 Å². The molecule has 1 aliphatic rings. The molecule has 2 aromatic carbocycles. The maximum absolute atomic E-state index is 13.9. The van der Waals surface area contributed by atoms with Crippen molar-refractivity contribution >= 4 is 10.0 Å². The monoisotopic (exact) mass is 380 g/mol. The van der Waals surface area contributed by atoms with Crippen LogP contribution >= 0.6 is 0 Å². The molecule has 0 radical (unpaired) electrons. The van der Waals surface area contributed by atoms with E-state index in [1.165, 1.54) is 21.0 Å². The summed E-state index contributed by atoms with van der Waals surface area (Å²) in [5, 5.41) is 0. The second-order valence-electron chi connectivity index (χ2n) is 6.68. The zero-order valence-electron chi connectivity index (χ0n) is 14.9. The van der Waals surface area contributed by atoms with Crippen LogP contribution in [-0.2, 0) is 16.6 Å². The molecule has 2 aromatic rings. The molecule has 1 fully saturated rings. The van der Waals surface area contributed by atoms with E-state index in [1.807, 2.05) is 6.92 Å². The highest BCUT2D eigenvalue weighted by Crippen LogP contribution is 2.22. The van der Waals surface area contributed by atoms with Gasteiger partial charge in [0.25, 0.3) is 0 Å². The number of hydrogen-bond acceptors (Lipinski definition) is 3. The van der Waals surface area contributed by atoms with Gasteiger partial charge in [0.15, 0.2) is 0 Å². The first-order valence-corrected chi connectivity index (χ1v) is 9.95. The highest BCUT2D eigenvalue weighted by molar-refractivity contribution is 7.89. The Morgan fingerprint density at radius 1 is 0.962 bits per heavy atom. The Morgan fingerprint density at radius 2 is 1.65 bits per heavy atom. The van der Waals surface area contributed by atoms with Gasteiger partial charge in [-0.25, -0.2) is 17.2 Å². The largest absolute Gasteiger partial charge is 0.296 e. The number of piperazine rings is 1. The van der Waals surface area contributed by atoms with Crippen LogP contribution in [-0.4, -0.2) is 43.8 Å². The van der Waals surface area contributed by atoms with Gasteiger partial charge in [-0.3, -0.25) is 4.90 Å². The molecule has 0 saturated carbocycles. The molecule has 26 heavy (non-hydrogen) atoms. The summed E-state index contributed by atoms with van der Waals surface area (Å²) in [7, 11) is -3.96. The van der Waals surface area contributed by atoms with Crippen molar-refractivity contribution in [3.63, 3.8) is 0 Å². The summed E-state index contributed by atoms with van der Waals surface area (Å²) < 4.78 is 53.5. The van der Waals surface area contributed by atoms with E-state index in [0.29, 0.717) is 19.2 Å². The number of rotatable bonds is 4. The smallest absolute Gasteiger partial charge is 0.246 e. The molecule has 0 aromatic heterocycles. The summed E-state index contributed by atoms with van der Waals surface area (Å²) in [5.41, 5.74) is 3.63. The van der Waals surface area contributed by atoms with Crippen LogP contribution in [0.4, 0.5) is 8.78 Å². The molecule has 1 saturated heterocycles. The lowest BCUT2D eigenvalue weighted by Gasteiger charge is -2.34. The molecule has 0 N–H and O–H groups in total. The number of benzene rings is 2. The van der Waals surface area contributed by atoms with Gasteiger partial charge < -0.3 is 0 Å². The van der Waals surface area contributed by atoms with Crippen molar-refractivity contribution in [3.05, 3.63) is 64.7 Å². The van der Waals surface area contributed by atoms with E-state index >= 15 is 0 Å². The zero-order chi connectivity index (χ0) is 18.9. The Balaban J connectivity index is 1.69. The van der Waals surface area contributed by atoms with Crippen molar-refractivity contribution in [1.29, 1.82) is 0 Å². The zero-order valence-corrected chi connectivity index (χ0v) is 15.7. The van der Waals surface area contributed by atoms with Gasteiger partial charge in [-0.15, -0.1) is 0 Å². The SMILES string of the molecule is Cc1ccc(C)c(CN2CCN(S(=O)(=O)c3ccc(F)cc3F)CC2)c1. The van der Waals surface area contributed by atoms with Crippen LogP contribution in [0.2, 0.25) is 0 Å². The molecule has 0 spiro atoms. The Bertz CT molecular complexity index is 908.